The van der Waals surface area contributed by atoms with E-state index in [2.05, 4.69) is 17.6 Å². The summed E-state index contributed by atoms with van der Waals surface area (Å²) < 4.78 is 0. The van der Waals surface area contributed by atoms with Gasteiger partial charge in [-0.2, -0.15) is 0 Å². The van der Waals surface area contributed by atoms with Gasteiger partial charge in [-0.15, -0.1) is 0 Å². The first kappa shape index (κ1) is 20.6. The van der Waals surface area contributed by atoms with Crippen molar-refractivity contribution in [2.24, 2.45) is 5.92 Å². The highest BCUT2D eigenvalue weighted by atomic mass is 16.2. The van der Waals surface area contributed by atoms with Crippen LogP contribution in [0.4, 0.5) is 17.1 Å². The van der Waals surface area contributed by atoms with Crippen molar-refractivity contribution in [1.29, 1.82) is 0 Å². The first-order valence-corrected chi connectivity index (χ1v) is 10.0. The lowest BCUT2D eigenvalue weighted by Gasteiger charge is -2.18. The van der Waals surface area contributed by atoms with Crippen molar-refractivity contribution in [3.63, 3.8) is 0 Å². The molecule has 6 heteroatoms. The number of nitrogens with zero attached hydrogens (tertiary/aromatic N) is 1. The number of rotatable bonds is 6. The van der Waals surface area contributed by atoms with Crippen LogP contribution in [0.15, 0.2) is 42.5 Å². The lowest BCUT2D eigenvalue weighted by Crippen LogP contribution is -2.28. The van der Waals surface area contributed by atoms with Crippen LogP contribution in [-0.2, 0) is 20.8 Å². The first-order valence-electron chi connectivity index (χ1n) is 10.0. The minimum atomic E-state index is -0.416. The summed E-state index contributed by atoms with van der Waals surface area (Å²) in [7, 11) is 0. The number of amides is 3. The molecule has 3 rings (SSSR count). The Morgan fingerprint density at radius 3 is 2.45 bits per heavy atom. The summed E-state index contributed by atoms with van der Waals surface area (Å²) in [5, 5.41) is 5.77. The van der Waals surface area contributed by atoms with Gasteiger partial charge in [0.2, 0.25) is 17.7 Å². The van der Waals surface area contributed by atoms with E-state index in [-0.39, 0.29) is 24.1 Å². The molecule has 1 aliphatic rings. The Labute approximate surface area is 171 Å². The van der Waals surface area contributed by atoms with Gasteiger partial charge in [0.15, 0.2) is 0 Å². The highest BCUT2D eigenvalue weighted by molar-refractivity contribution is 6.04. The number of aryl methyl sites for hydroxylation is 1. The monoisotopic (exact) mass is 393 g/mol. The highest BCUT2D eigenvalue weighted by Gasteiger charge is 2.35. The Bertz CT molecular complexity index is 939. The number of benzene rings is 2. The predicted octanol–water partition coefficient (Wildman–Crippen LogP) is 3.90. The lowest BCUT2D eigenvalue weighted by atomic mass is 10.1. The maximum Gasteiger partial charge on any atom is 0.229 e. The summed E-state index contributed by atoms with van der Waals surface area (Å²) in [4.78, 5) is 38.7. The Morgan fingerprint density at radius 1 is 1.07 bits per heavy atom. The third-order valence-electron chi connectivity index (χ3n) is 5.31. The minimum absolute atomic E-state index is 0.0425. The number of anilines is 3. The zero-order valence-corrected chi connectivity index (χ0v) is 17.1. The molecular weight excluding hydrogens is 366 g/mol. The van der Waals surface area contributed by atoms with Crippen molar-refractivity contribution < 1.29 is 14.4 Å². The van der Waals surface area contributed by atoms with Crippen molar-refractivity contribution in [3.8, 4) is 0 Å². The van der Waals surface area contributed by atoms with Gasteiger partial charge >= 0.3 is 0 Å². The summed E-state index contributed by atoms with van der Waals surface area (Å²) in [6.45, 7) is 6.07. The number of hydrogen-bond acceptors (Lipinski definition) is 3. The van der Waals surface area contributed by atoms with E-state index in [1.807, 2.05) is 31.2 Å². The van der Waals surface area contributed by atoms with Crippen molar-refractivity contribution in [2.45, 2.75) is 40.0 Å². The van der Waals surface area contributed by atoms with E-state index >= 15 is 0 Å². The molecule has 3 amide bonds. The maximum absolute atomic E-state index is 12.8. The molecule has 0 saturated carbocycles. The molecule has 6 nitrogen and oxygen atoms in total. The van der Waals surface area contributed by atoms with Gasteiger partial charge in [-0.05, 0) is 48.7 Å². The van der Waals surface area contributed by atoms with Gasteiger partial charge < -0.3 is 15.5 Å². The standard InChI is InChI=1S/C23H27N3O3/c1-4-16-8-6-9-18(12-16)26-14-17(13-22(26)28)23(29)25-20-11-7-10-19(15(20)3)24-21(27)5-2/h6-12,17H,4-5,13-14H2,1-3H3,(H,24,27)(H,25,29)/t17-/m0/s1. The molecular formula is C23H27N3O3. The van der Waals surface area contributed by atoms with Crippen LogP contribution in [0.2, 0.25) is 0 Å². The zero-order valence-electron chi connectivity index (χ0n) is 17.1. The summed E-state index contributed by atoms with van der Waals surface area (Å²) in [5.74, 6) is -0.724. The topological polar surface area (TPSA) is 78.5 Å². The Morgan fingerprint density at radius 2 is 1.76 bits per heavy atom. The fourth-order valence-electron chi connectivity index (χ4n) is 3.46. The van der Waals surface area contributed by atoms with Gasteiger partial charge in [0.1, 0.15) is 0 Å². The highest BCUT2D eigenvalue weighted by Crippen LogP contribution is 2.28. The SMILES string of the molecule is CCC(=O)Nc1cccc(NC(=O)[C@H]2CC(=O)N(c3cccc(CC)c3)C2)c1C. The van der Waals surface area contributed by atoms with Crippen molar-refractivity contribution in [3.05, 3.63) is 53.6 Å². The molecule has 0 radical (unpaired) electrons. The molecule has 2 aromatic carbocycles. The molecule has 2 aromatic rings. The molecule has 1 heterocycles. The van der Waals surface area contributed by atoms with Crippen LogP contribution in [0.25, 0.3) is 0 Å². The van der Waals surface area contributed by atoms with Crippen LogP contribution < -0.4 is 15.5 Å². The van der Waals surface area contributed by atoms with Crippen molar-refractivity contribution in [1.82, 2.24) is 0 Å². The van der Waals surface area contributed by atoms with E-state index < -0.39 is 5.92 Å². The van der Waals surface area contributed by atoms with Crippen LogP contribution in [0.3, 0.4) is 0 Å². The van der Waals surface area contributed by atoms with Crippen molar-refractivity contribution in [2.75, 3.05) is 22.1 Å². The Balaban J connectivity index is 1.71. The molecule has 1 fully saturated rings. The fourth-order valence-corrected chi connectivity index (χ4v) is 3.46. The molecule has 1 saturated heterocycles. The minimum Gasteiger partial charge on any atom is -0.326 e. The summed E-state index contributed by atoms with van der Waals surface area (Å²) >= 11 is 0. The van der Waals surface area contributed by atoms with Crippen molar-refractivity contribution >= 4 is 34.8 Å². The fraction of sp³-hybridized carbons (Fsp3) is 0.348. The van der Waals surface area contributed by atoms with Crippen LogP contribution >= 0.6 is 0 Å². The predicted molar refractivity (Wildman–Crippen MR) is 115 cm³/mol. The average Bonchev–Trinajstić information content (AvgIpc) is 3.12. The number of carbonyl (C=O) groups is 3. The van der Waals surface area contributed by atoms with Gasteiger partial charge in [-0.25, -0.2) is 0 Å². The van der Waals surface area contributed by atoms with Gasteiger partial charge in [0.25, 0.3) is 0 Å². The number of nitrogens with one attached hydrogen (secondary N) is 2. The van der Waals surface area contributed by atoms with Gasteiger partial charge in [0.05, 0.1) is 5.92 Å². The normalized spacial score (nSPS) is 16.0. The summed E-state index contributed by atoms with van der Waals surface area (Å²) in [6, 6.07) is 13.3. The molecule has 2 N–H and O–H groups in total. The first-order chi connectivity index (χ1) is 13.9. The van der Waals surface area contributed by atoms with E-state index in [1.54, 1.807) is 30.0 Å². The van der Waals surface area contributed by atoms with E-state index in [4.69, 9.17) is 0 Å². The molecule has 1 atom stereocenters. The van der Waals surface area contributed by atoms with E-state index in [9.17, 15) is 14.4 Å². The maximum atomic E-state index is 12.8. The quantitative estimate of drug-likeness (QED) is 0.781. The smallest absolute Gasteiger partial charge is 0.229 e. The van der Waals surface area contributed by atoms with E-state index in [0.717, 1.165) is 23.2 Å². The second-order valence-electron chi connectivity index (χ2n) is 7.30. The van der Waals surface area contributed by atoms with Gasteiger partial charge in [0, 0.05) is 36.4 Å². The summed E-state index contributed by atoms with van der Waals surface area (Å²) in [6.07, 6.45) is 1.47. The molecule has 29 heavy (non-hydrogen) atoms. The Hall–Kier alpha value is -3.15. The Kier molecular flexibility index (Phi) is 6.32. The summed E-state index contributed by atoms with van der Waals surface area (Å²) in [5.41, 5.74) is 4.10. The third-order valence-corrected chi connectivity index (χ3v) is 5.31. The molecule has 0 aliphatic carbocycles. The van der Waals surface area contributed by atoms with Gasteiger partial charge in [-0.3, -0.25) is 14.4 Å². The van der Waals surface area contributed by atoms with E-state index in [1.165, 1.54) is 0 Å². The van der Waals surface area contributed by atoms with Gasteiger partial charge in [-0.1, -0.05) is 32.0 Å². The van der Waals surface area contributed by atoms with E-state index in [0.29, 0.717) is 24.3 Å². The van der Waals surface area contributed by atoms with Crippen LogP contribution in [0.1, 0.15) is 37.8 Å². The number of hydrogen-bond donors (Lipinski definition) is 2. The molecule has 152 valence electrons. The zero-order chi connectivity index (χ0) is 21.0. The molecule has 0 unspecified atom stereocenters. The molecule has 1 aliphatic heterocycles. The lowest BCUT2D eigenvalue weighted by molar-refractivity contribution is -0.122. The third kappa shape index (κ3) is 4.65. The average molecular weight is 393 g/mol. The van der Waals surface area contributed by atoms with Crippen LogP contribution in [-0.4, -0.2) is 24.3 Å². The second kappa shape index (κ2) is 8.90. The second-order valence-corrected chi connectivity index (χ2v) is 7.30. The van der Waals surface area contributed by atoms with Crippen LogP contribution in [0.5, 0.6) is 0 Å². The largest absolute Gasteiger partial charge is 0.326 e. The van der Waals surface area contributed by atoms with Crippen LogP contribution in [0, 0.1) is 12.8 Å². The molecule has 0 bridgehead atoms. The molecule has 0 spiro atoms. The molecule has 0 aromatic heterocycles. The number of carbonyl (C=O) groups excluding carboxylic acids is 3.